The van der Waals surface area contributed by atoms with Crippen molar-refractivity contribution in [3.8, 4) is 0 Å². The Kier molecular flexibility index (Phi) is 7.49. The van der Waals surface area contributed by atoms with Gasteiger partial charge in [-0.2, -0.15) is 0 Å². The lowest BCUT2D eigenvalue weighted by molar-refractivity contribution is 0.251. The Hall–Kier alpha value is -2.13. The van der Waals surface area contributed by atoms with E-state index in [9.17, 15) is 4.79 Å². The van der Waals surface area contributed by atoms with E-state index in [-0.39, 0.29) is 6.03 Å². The summed E-state index contributed by atoms with van der Waals surface area (Å²) in [5, 5.41) is 16.2. The Balaban J connectivity index is 1.40. The van der Waals surface area contributed by atoms with Crippen LogP contribution in [0.3, 0.4) is 0 Å². The van der Waals surface area contributed by atoms with Crippen molar-refractivity contribution in [1.82, 2.24) is 20.8 Å². The van der Waals surface area contributed by atoms with Gasteiger partial charge in [-0.25, -0.2) is 9.78 Å². The standard InChI is InChI=1S/C19H21Cl2N5O2S/c1-11-15(12(2)28-26-11)5-6-22-9-14-10-29-19(24-14)25-18(27)23-8-13-3-4-16(20)17(21)7-13/h3-4,7,10,22H,5-6,8-9H2,1-2H3,(H2,23,24,25,27). The average molecular weight is 454 g/mol. The number of urea groups is 1. The molecule has 29 heavy (non-hydrogen) atoms. The summed E-state index contributed by atoms with van der Waals surface area (Å²) in [6, 6.07) is 4.90. The van der Waals surface area contributed by atoms with Crippen LogP contribution in [0.2, 0.25) is 10.0 Å². The van der Waals surface area contributed by atoms with Crippen LogP contribution in [0.15, 0.2) is 28.1 Å². The second kappa shape index (κ2) is 10.1. The van der Waals surface area contributed by atoms with Crippen molar-refractivity contribution in [2.75, 3.05) is 11.9 Å². The largest absolute Gasteiger partial charge is 0.361 e. The van der Waals surface area contributed by atoms with Crippen molar-refractivity contribution in [2.24, 2.45) is 0 Å². The van der Waals surface area contributed by atoms with Crippen LogP contribution in [0.1, 0.15) is 28.3 Å². The van der Waals surface area contributed by atoms with Gasteiger partial charge in [-0.15, -0.1) is 11.3 Å². The van der Waals surface area contributed by atoms with Gasteiger partial charge in [-0.05, 0) is 44.5 Å². The minimum Gasteiger partial charge on any atom is -0.361 e. The molecule has 0 unspecified atom stereocenters. The van der Waals surface area contributed by atoms with Gasteiger partial charge >= 0.3 is 6.03 Å². The van der Waals surface area contributed by atoms with E-state index >= 15 is 0 Å². The number of halogens is 2. The SMILES string of the molecule is Cc1noc(C)c1CCNCc1csc(NC(=O)NCc2ccc(Cl)c(Cl)c2)n1. The van der Waals surface area contributed by atoms with E-state index in [0.29, 0.717) is 28.3 Å². The first-order valence-corrected chi connectivity index (χ1v) is 10.6. The number of nitrogens with one attached hydrogen (secondary N) is 3. The minimum absolute atomic E-state index is 0.330. The van der Waals surface area contributed by atoms with Gasteiger partial charge in [0.2, 0.25) is 0 Å². The molecule has 0 saturated heterocycles. The van der Waals surface area contributed by atoms with Crippen molar-refractivity contribution in [1.29, 1.82) is 0 Å². The first kappa shape index (κ1) is 21.6. The average Bonchev–Trinajstić information content (AvgIpc) is 3.26. The smallest absolute Gasteiger partial charge is 0.321 e. The van der Waals surface area contributed by atoms with E-state index in [4.69, 9.17) is 27.7 Å². The summed E-state index contributed by atoms with van der Waals surface area (Å²) >= 11 is 13.2. The maximum atomic E-state index is 12.1. The highest BCUT2D eigenvalue weighted by molar-refractivity contribution is 7.13. The molecular formula is C19H21Cl2N5O2S. The van der Waals surface area contributed by atoms with Gasteiger partial charge < -0.3 is 15.2 Å². The zero-order chi connectivity index (χ0) is 20.8. The molecule has 2 amide bonds. The van der Waals surface area contributed by atoms with Gasteiger partial charge in [0, 0.05) is 24.0 Å². The van der Waals surface area contributed by atoms with E-state index < -0.39 is 0 Å². The summed E-state index contributed by atoms with van der Waals surface area (Å²) in [4.78, 5) is 16.5. The molecule has 0 aliphatic carbocycles. The Bertz CT molecular complexity index is 969. The topological polar surface area (TPSA) is 92.1 Å². The van der Waals surface area contributed by atoms with Crippen LogP contribution in [0.5, 0.6) is 0 Å². The molecule has 0 aliphatic heterocycles. The highest BCUT2D eigenvalue weighted by Gasteiger charge is 2.09. The van der Waals surface area contributed by atoms with Crippen LogP contribution < -0.4 is 16.0 Å². The van der Waals surface area contributed by atoms with Gasteiger partial charge in [0.05, 0.1) is 21.4 Å². The third kappa shape index (κ3) is 6.17. The number of aryl methyl sites for hydroxylation is 2. The molecule has 0 aliphatic rings. The molecule has 2 aromatic heterocycles. The quantitative estimate of drug-likeness (QED) is 0.429. The fraction of sp³-hybridized carbons (Fsp3) is 0.316. The fourth-order valence-electron chi connectivity index (χ4n) is 2.71. The normalized spacial score (nSPS) is 10.9. The summed E-state index contributed by atoms with van der Waals surface area (Å²) < 4.78 is 5.16. The number of carbonyl (C=O) groups excluding carboxylic acids is 1. The number of benzene rings is 1. The number of rotatable bonds is 8. The first-order chi connectivity index (χ1) is 13.9. The van der Waals surface area contributed by atoms with Gasteiger partial charge in [-0.3, -0.25) is 5.32 Å². The Morgan fingerprint density at radius 1 is 1.21 bits per heavy atom. The number of nitrogens with zero attached hydrogens (tertiary/aromatic N) is 2. The molecule has 0 spiro atoms. The Labute approximate surface area is 182 Å². The number of thiazole rings is 1. The van der Waals surface area contributed by atoms with Crippen molar-refractivity contribution in [3.63, 3.8) is 0 Å². The lowest BCUT2D eigenvalue weighted by atomic mass is 10.1. The second-order valence-electron chi connectivity index (χ2n) is 6.43. The Morgan fingerprint density at radius 3 is 2.76 bits per heavy atom. The van der Waals surface area contributed by atoms with E-state index in [0.717, 1.165) is 41.2 Å². The highest BCUT2D eigenvalue weighted by Crippen LogP contribution is 2.22. The number of hydrogen-bond acceptors (Lipinski definition) is 6. The molecule has 2 heterocycles. The second-order valence-corrected chi connectivity index (χ2v) is 8.10. The molecule has 10 heteroatoms. The van der Waals surface area contributed by atoms with E-state index in [1.165, 1.54) is 11.3 Å². The van der Waals surface area contributed by atoms with Crippen LogP contribution in [0.4, 0.5) is 9.93 Å². The number of amides is 2. The maximum Gasteiger partial charge on any atom is 0.321 e. The molecule has 3 rings (SSSR count). The van der Waals surface area contributed by atoms with Gasteiger partial charge in [0.25, 0.3) is 0 Å². The van der Waals surface area contributed by atoms with Gasteiger partial charge in [0.1, 0.15) is 5.76 Å². The predicted octanol–water partition coefficient (Wildman–Crippen LogP) is 4.71. The van der Waals surface area contributed by atoms with Gasteiger partial charge in [-0.1, -0.05) is 34.4 Å². The molecule has 0 bridgehead atoms. The molecular weight excluding hydrogens is 433 g/mol. The molecule has 0 atom stereocenters. The molecule has 3 N–H and O–H groups in total. The van der Waals surface area contributed by atoms with Crippen molar-refractivity contribution in [3.05, 3.63) is 61.9 Å². The molecule has 154 valence electrons. The van der Waals surface area contributed by atoms with Crippen LogP contribution in [-0.4, -0.2) is 22.7 Å². The van der Waals surface area contributed by atoms with Crippen molar-refractivity contribution >= 4 is 45.7 Å². The number of carbonyl (C=O) groups is 1. The molecule has 3 aromatic rings. The van der Waals surface area contributed by atoms with E-state index in [1.807, 2.05) is 25.3 Å². The summed E-state index contributed by atoms with van der Waals surface area (Å²) in [5.74, 6) is 0.858. The Morgan fingerprint density at radius 2 is 2.03 bits per heavy atom. The monoisotopic (exact) mass is 453 g/mol. The van der Waals surface area contributed by atoms with Crippen LogP contribution >= 0.6 is 34.5 Å². The maximum absolute atomic E-state index is 12.1. The van der Waals surface area contributed by atoms with Crippen LogP contribution in [0, 0.1) is 13.8 Å². The lowest BCUT2D eigenvalue weighted by Gasteiger charge is -2.06. The molecule has 0 radical (unpaired) electrons. The summed E-state index contributed by atoms with van der Waals surface area (Å²) in [7, 11) is 0. The van der Waals surface area contributed by atoms with Crippen LogP contribution in [-0.2, 0) is 19.5 Å². The molecule has 1 aromatic carbocycles. The molecule has 0 fully saturated rings. The summed E-state index contributed by atoms with van der Waals surface area (Å²) in [6.07, 6.45) is 0.841. The van der Waals surface area contributed by atoms with Gasteiger partial charge in [0.15, 0.2) is 5.13 Å². The van der Waals surface area contributed by atoms with Crippen molar-refractivity contribution in [2.45, 2.75) is 33.4 Å². The highest BCUT2D eigenvalue weighted by atomic mass is 35.5. The summed E-state index contributed by atoms with van der Waals surface area (Å²) in [6.45, 7) is 5.60. The minimum atomic E-state index is -0.330. The zero-order valence-corrected chi connectivity index (χ0v) is 18.3. The lowest BCUT2D eigenvalue weighted by Crippen LogP contribution is -2.28. The number of hydrogen-bond donors (Lipinski definition) is 3. The molecule has 7 nitrogen and oxygen atoms in total. The molecule has 0 saturated carbocycles. The van der Waals surface area contributed by atoms with E-state index in [2.05, 4.69) is 26.1 Å². The number of anilines is 1. The summed E-state index contributed by atoms with van der Waals surface area (Å²) in [5.41, 5.74) is 3.79. The first-order valence-electron chi connectivity index (χ1n) is 8.98. The van der Waals surface area contributed by atoms with Crippen LogP contribution in [0.25, 0.3) is 0 Å². The number of aromatic nitrogens is 2. The van der Waals surface area contributed by atoms with Crippen molar-refractivity contribution < 1.29 is 9.32 Å². The third-order valence-corrected chi connectivity index (χ3v) is 5.79. The predicted molar refractivity (Wildman–Crippen MR) is 116 cm³/mol. The third-order valence-electron chi connectivity index (χ3n) is 4.25. The van der Waals surface area contributed by atoms with E-state index in [1.54, 1.807) is 12.1 Å². The fourth-order valence-corrected chi connectivity index (χ4v) is 3.73. The zero-order valence-electron chi connectivity index (χ0n) is 16.0.